The number of aliphatic hydroxyl groups is 1. The maximum Gasteiger partial charge on any atom is 0.227 e. The number of carbonyl (C=O) groups is 1. The van der Waals surface area contributed by atoms with Gasteiger partial charge < -0.3 is 14.6 Å². The third kappa shape index (κ3) is 3.56. The molecule has 1 fully saturated rings. The van der Waals surface area contributed by atoms with Crippen LogP contribution in [0.5, 0.6) is 0 Å². The van der Waals surface area contributed by atoms with Crippen LogP contribution in [0.15, 0.2) is 61.2 Å². The van der Waals surface area contributed by atoms with E-state index in [0.29, 0.717) is 6.42 Å². The van der Waals surface area contributed by atoms with Crippen molar-refractivity contribution in [3.8, 4) is 22.3 Å². The van der Waals surface area contributed by atoms with E-state index in [4.69, 9.17) is 0 Å². The third-order valence-corrected chi connectivity index (χ3v) is 6.16. The number of rotatable bonds is 4. The molecule has 1 amide bonds. The number of amides is 1. The monoisotopic (exact) mass is 426 g/mol. The Bertz CT molecular complexity index is 1320. The lowest BCUT2D eigenvalue weighted by molar-refractivity contribution is -0.117. The number of nitrogens with zero attached hydrogens (tertiary/aromatic N) is 4. The summed E-state index contributed by atoms with van der Waals surface area (Å²) in [5.41, 5.74) is 5.67. The Morgan fingerprint density at radius 3 is 2.44 bits per heavy atom. The Hall–Kier alpha value is -3.51. The second kappa shape index (κ2) is 7.57. The average molecular weight is 427 g/mol. The summed E-state index contributed by atoms with van der Waals surface area (Å²) >= 11 is 0. The fourth-order valence-corrected chi connectivity index (χ4v) is 4.33. The first-order valence-corrected chi connectivity index (χ1v) is 10.9. The number of hydrogen-bond acceptors (Lipinski definition) is 4. The summed E-state index contributed by atoms with van der Waals surface area (Å²) in [7, 11) is 1.97. The molecular formula is C26H26N4O2. The summed E-state index contributed by atoms with van der Waals surface area (Å²) in [4.78, 5) is 22.9. The van der Waals surface area contributed by atoms with E-state index >= 15 is 0 Å². The second-order valence-electron chi connectivity index (χ2n) is 8.97. The summed E-state index contributed by atoms with van der Waals surface area (Å²) in [6, 6.07) is 12.2. The minimum absolute atomic E-state index is 0.191. The zero-order valence-electron chi connectivity index (χ0n) is 18.5. The number of fused-ring (bicyclic) bond motifs is 1. The molecule has 0 aliphatic carbocycles. The molecule has 6 heteroatoms. The molecule has 3 aromatic heterocycles. The van der Waals surface area contributed by atoms with E-state index in [1.165, 1.54) is 0 Å². The maximum absolute atomic E-state index is 12.0. The number of carbonyl (C=O) groups excluding carboxylic acids is 1. The fourth-order valence-electron chi connectivity index (χ4n) is 4.33. The van der Waals surface area contributed by atoms with Gasteiger partial charge in [-0.15, -0.1) is 0 Å². The highest BCUT2D eigenvalue weighted by Gasteiger charge is 2.22. The first-order valence-electron chi connectivity index (χ1n) is 10.9. The van der Waals surface area contributed by atoms with Crippen molar-refractivity contribution in [3.05, 3.63) is 66.7 Å². The van der Waals surface area contributed by atoms with E-state index < -0.39 is 5.60 Å². The first kappa shape index (κ1) is 20.4. The minimum Gasteiger partial charge on any atom is -0.386 e. The van der Waals surface area contributed by atoms with E-state index in [1.807, 2.05) is 59.2 Å². The lowest BCUT2D eigenvalue weighted by atomic mass is 9.97. The number of pyridine rings is 2. The number of aryl methyl sites for hydroxylation is 1. The molecule has 1 aliphatic rings. The predicted octanol–water partition coefficient (Wildman–Crippen LogP) is 4.66. The molecule has 0 atom stereocenters. The molecule has 0 radical (unpaired) electrons. The number of anilines is 1. The number of benzene rings is 1. The van der Waals surface area contributed by atoms with Gasteiger partial charge in [-0.05, 0) is 50.1 Å². The van der Waals surface area contributed by atoms with Crippen LogP contribution < -0.4 is 4.90 Å². The molecule has 5 rings (SSSR count). The Labute approximate surface area is 187 Å². The van der Waals surface area contributed by atoms with Crippen LogP contribution in [0.4, 0.5) is 5.69 Å². The van der Waals surface area contributed by atoms with Crippen molar-refractivity contribution in [2.45, 2.75) is 32.3 Å². The normalized spacial score (nSPS) is 14.5. The molecule has 0 saturated carbocycles. The Morgan fingerprint density at radius 2 is 1.75 bits per heavy atom. The van der Waals surface area contributed by atoms with Gasteiger partial charge in [0.2, 0.25) is 5.91 Å². The first-order chi connectivity index (χ1) is 15.3. The molecule has 0 unspecified atom stereocenters. The van der Waals surface area contributed by atoms with Gasteiger partial charge in [-0.3, -0.25) is 9.78 Å². The smallest absolute Gasteiger partial charge is 0.227 e. The zero-order chi connectivity index (χ0) is 22.5. The topological polar surface area (TPSA) is 71.2 Å². The van der Waals surface area contributed by atoms with Crippen molar-refractivity contribution in [2.24, 2.45) is 7.05 Å². The highest BCUT2D eigenvalue weighted by atomic mass is 16.3. The van der Waals surface area contributed by atoms with Crippen LogP contribution in [0.25, 0.3) is 33.3 Å². The van der Waals surface area contributed by atoms with Gasteiger partial charge in [-0.25, -0.2) is 4.98 Å². The van der Waals surface area contributed by atoms with Crippen LogP contribution in [0.1, 0.15) is 32.3 Å². The molecule has 1 saturated heterocycles. The third-order valence-electron chi connectivity index (χ3n) is 6.16. The minimum atomic E-state index is -0.965. The van der Waals surface area contributed by atoms with Crippen molar-refractivity contribution in [1.82, 2.24) is 14.5 Å². The van der Waals surface area contributed by atoms with Crippen LogP contribution in [-0.4, -0.2) is 32.1 Å². The van der Waals surface area contributed by atoms with Crippen molar-refractivity contribution < 1.29 is 9.90 Å². The van der Waals surface area contributed by atoms with Crippen molar-refractivity contribution in [1.29, 1.82) is 0 Å². The lowest BCUT2D eigenvalue weighted by Crippen LogP contribution is -2.23. The standard InChI is InChI=1S/C26H26N4O2/c1-26(2,32)20-12-22-23(16-29(3)25(22)28-15-20)19-11-18(13-27-14-19)17-6-8-21(9-7-17)30-10-4-5-24(30)31/h6-9,11-16,32H,4-5,10H2,1-3H3. The largest absolute Gasteiger partial charge is 0.386 e. The van der Waals surface area contributed by atoms with E-state index in [2.05, 4.69) is 22.2 Å². The van der Waals surface area contributed by atoms with Crippen molar-refractivity contribution in [3.63, 3.8) is 0 Å². The van der Waals surface area contributed by atoms with Gasteiger partial charge in [0, 0.05) is 78.1 Å². The summed E-state index contributed by atoms with van der Waals surface area (Å²) in [5, 5.41) is 11.4. The van der Waals surface area contributed by atoms with Crippen LogP contribution in [-0.2, 0) is 17.4 Å². The molecular weight excluding hydrogens is 400 g/mol. The maximum atomic E-state index is 12.0. The Morgan fingerprint density at radius 1 is 1.00 bits per heavy atom. The summed E-state index contributed by atoms with van der Waals surface area (Å²) in [6.45, 7) is 4.32. The Balaban J connectivity index is 1.53. The highest BCUT2D eigenvalue weighted by Crippen LogP contribution is 2.34. The van der Waals surface area contributed by atoms with E-state index in [0.717, 1.165) is 57.5 Å². The van der Waals surface area contributed by atoms with Crippen molar-refractivity contribution in [2.75, 3.05) is 11.4 Å². The van der Waals surface area contributed by atoms with Crippen molar-refractivity contribution >= 4 is 22.6 Å². The number of hydrogen-bond donors (Lipinski definition) is 1. The molecule has 0 bridgehead atoms. The molecule has 4 heterocycles. The van der Waals surface area contributed by atoms with Gasteiger partial charge in [-0.2, -0.15) is 0 Å². The lowest BCUT2D eigenvalue weighted by Gasteiger charge is -2.17. The van der Waals surface area contributed by atoms with Crippen LogP contribution in [0, 0.1) is 0 Å². The molecule has 1 N–H and O–H groups in total. The molecule has 1 aliphatic heterocycles. The van der Waals surface area contributed by atoms with Gasteiger partial charge in [0.05, 0.1) is 5.60 Å². The van der Waals surface area contributed by atoms with E-state index in [1.54, 1.807) is 20.0 Å². The Kier molecular flexibility index (Phi) is 4.82. The average Bonchev–Trinajstić information content (AvgIpc) is 3.36. The molecule has 1 aromatic carbocycles. The molecule has 162 valence electrons. The molecule has 6 nitrogen and oxygen atoms in total. The second-order valence-corrected chi connectivity index (χ2v) is 8.97. The number of aromatic nitrogens is 3. The summed E-state index contributed by atoms with van der Waals surface area (Å²) in [5.74, 6) is 0.191. The summed E-state index contributed by atoms with van der Waals surface area (Å²) in [6.07, 6.45) is 9.03. The zero-order valence-corrected chi connectivity index (χ0v) is 18.5. The van der Waals surface area contributed by atoms with Crippen LogP contribution in [0.3, 0.4) is 0 Å². The van der Waals surface area contributed by atoms with Gasteiger partial charge >= 0.3 is 0 Å². The molecule has 4 aromatic rings. The quantitative estimate of drug-likeness (QED) is 0.515. The molecule has 32 heavy (non-hydrogen) atoms. The van der Waals surface area contributed by atoms with E-state index in [9.17, 15) is 9.90 Å². The van der Waals surface area contributed by atoms with Crippen LogP contribution in [0.2, 0.25) is 0 Å². The van der Waals surface area contributed by atoms with E-state index in [-0.39, 0.29) is 5.91 Å². The fraction of sp³-hybridized carbons (Fsp3) is 0.269. The van der Waals surface area contributed by atoms with Gasteiger partial charge in [-0.1, -0.05) is 12.1 Å². The van der Waals surface area contributed by atoms with Gasteiger partial charge in [0.1, 0.15) is 5.65 Å². The summed E-state index contributed by atoms with van der Waals surface area (Å²) < 4.78 is 1.99. The van der Waals surface area contributed by atoms with Crippen LogP contribution >= 0.6 is 0 Å². The molecule has 0 spiro atoms. The SMILES string of the molecule is Cn1cc(-c2cncc(-c3ccc(N4CCCC4=O)cc3)c2)c2cc(C(C)(C)O)cnc21. The van der Waals surface area contributed by atoms with Gasteiger partial charge in [0.15, 0.2) is 0 Å². The highest BCUT2D eigenvalue weighted by molar-refractivity contribution is 5.96. The predicted molar refractivity (Wildman–Crippen MR) is 126 cm³/mol. The van der Waals surface area contributed by atoms with Gasteiger partial charge in [0.25, 0.3) is 0 Å².